The van der Waals surface area contributed by atoms with Crippen LogP contribution in [0.3, 0.4) is 0 Å². The molecule has 7 heteroatoms. The van der Waals surface area contributed by atoms with Crippen molar-refractivity contribution in [1.82, 2.24) is 5.32 Å². The third-order valence-corrected chi connectivity index (χ3v) is 5.21. The van der Waals surface area contributed by atoms with Gasteiger partial charge in [-0.05, 0) is 55.2 Å². The van der Waals surface area contributed by atoms with Crippen LogP contribution < -0.4 is 10.2 Å². The van der Waals surface area contributed by atoms with Crippen LogP contribution in [0.2, 0.25) is 0 Å². The first-order valence-electron chi connectivity index (χ1n) is 9.46. The van der Waals surface area contributed by atoms with Gasteiger partial charge in [0.05, 0.1) is 18.4 Å². The summed E-state index contributed by atoms with van der Waals surface area (Å²) in [5.74, 6) is -0.294. The molecule has 0 radical (unpaired) electrons. The van der Waals surface area contributed by atoms with E-state index < -0.39 is 6.09 Å². The summed E-state index contributed by atoms with van der Waals surface area (Å²) in [6.45, 7) is 0.555. The van der Waals surface area contributed by atoms with Crippen molar-refractivity contribution in [2.45, 2.75) is 19.3 Å². The van der Waals surface area contributed by atoms with Gasteiger partial charge in [-0.2, -0.15) is 0 Å². The smallest absolute Gasteiger partial charge is 0.414 e. The molecule has 0 bridgehead atoms. The molecule has 2 heterocycles. The number of furan rings is 1. The number of nitrogens with one attached hydrogen (secondary N) is 1. The highest BCUT2D eigenvalue weighted by molar-refractivity contribution is 6.12. The third-order valence-electron chi connectivity index (χ3n) is 5.21. The number of benzene rings is 2. The Bertz CT molecular complexity index is 1090. The van der Waals surface area contributed by atoms with Gasteiger partial charge in [-0.25, -0.2) is 9.18 Å². The van der Waals surface area contributed by atoms with Crippen LogP contribution in [0.15, 0.2) is 40.8 Å². The lowest BCUT2D eigenvalue weighted by atomic mass is 10.0. The van der Waals surface area contributed by atoms with E-state index in [0.717, 1.165) is 30.5 Å². The molecule has 0 saturated carbocycles. The van der Waals surface area contributed by atoms with Gasteiger partial charge in [0.25, 0.3) is 5.91 Å². The highest BCUT2D eigenvalue weighted by atomic mass is 19.1. The molecule has 0 spiro atoms. The Morgan fingerprint density at radius 3 is 2.62 bits per heavy atom. The van der Waals surface area contributed by atoms with E-state index >= 15 is 0 Å². The molecule has 2 amide bonds. The Morgan fingerprint density at radius 2 is 1.93 bits per heavy atom. The molecule has 1 N–H and O–H groups in total. The van der Waals surface area contributed by atoms with E-state index in [-0.39, 0.29) is 11.7 Å². The second-order valence-corrected chi connectivity index (χ2v) is 6.95. The monoisotopic (exact) mass is 396 g/mol. The van der Waals surface area contributed by atoms with E-state index in [9.17, 15) is 14.0 Å². The van der Waals surface area contributed by atoms with E-state index in [1.165, 1.54) is 19.2 Å². The van der Waals surface area contributed by atoms with E-state index in [0.29, 0.717) is 34.4 Å². The van der Waals surface area contributed by atoms with Gasteiger partial charge in [0.15, 0.2) is 0 Å². The topological polar surface area (TPSA) is 71.8 Å². The van der Waals surface area contributed by atoms with Gasteiger partial charge in [0.1, 0.15) is 17.2 Å². The van der Waals surface area contributed by atoms with Gasteiger partial charge in [0, 0.05) is 30.6 Å². The summed E-state index contributed by atoms with van der Waals surface area (Å²) < 4.78 is 24.4. The van der Waals surface area contributed by atoms with Gasteiger partial charge >= 0.3 is 6.09 Å². The van der Waals surface area contributed by atoms with Crippen molar-refractivity contribution in [3.8, 4) is 11.3 Å². The maximum absolute atomic E-state index is 13.4. The van der Waals surface area contributed by atoms with Crippen LogP contribution in [0.4, 0.5) is 14.9 Å². The van der Waals surface area contributed by atoms with Crippen LogP contribution in [-0.2, 0) is 11.2 Å². The number of rotatable bonds is 2. The fourth-order valence-electron chi connectivity index (χ4n) is 3.79. The first-order chi connectivity index (χ1) is 14.0. The minimum Gasteiger partial charge on any atom is -0.455 e. The molecule has 3 aromatic rings. The standard InChI is InChI=1S/C22H21FN2O4/c1-24-21(26)19-16-11-14-5-3-4-10-25(22(27)28-2)17(14)12-18(16)29-20(19)13-6-8-15(23)9-7-13/h6-9,11-12H,3-5,10H2,1-2H3,(H,24,26). The molecule has 1 aliphatic heterocycles. The SMILES string of the molecule is CNC(=O)c1c(-c2ccc(F)cc2)oc2cc3c(cc12)CCCCN3C(=O)OC. The average Bonchev–Trinajstić information content (AvgIpc) is 2.97. The van der Waals surface area contributed by atoms with Gasteiger partial charge in [-0.15, -0.1) is 0 Å². The Morgan fingerprint density at radius 1 is 1.17 bits per heavy atom. The fraction of sp³-hybridized carbons (Fsp3) is 0.273. The minimum absolute atomic E-state index is 0.290. The highest BCUT2D eigenvalue weighted by Gasteiger charge is 2.27. The quantitative estimate of drug-likeness (QED) is 0.692. The van der Waals surface area contributed by atoms with E-state index in [2.05, 4.69) is 5.32 Å². The minimum atomic E-state index is -0.427. The number of carbonyl (C=O) groups excluding carboxylic acids is 2. The van der Waals surface area contributed by atoms with Crippen LogP contribution >= 0.6 is 0 Å². The van der Waals surface area contributed by atoms with Gasteiger partial charge in [0.2, 0.25) is 0 Å². The van der Waals surface area contributed by atoms with E-state index in [1.54, 1.807) is 30.1 Å². The zero-order valence-corrected chi connectivity index (χ0v) is 16.3. The number of aryl methyl sites for hydroxylation is 1. The number of halogens is 1. The molecule has 2 aromatic carbocycles. The number of fused-ring (bicyclic) bond motifs is 2. The van der Waals surface area contributed by atoms with Gasteiger partial charge < -0.3 is 14.5 Å². The van der Waals surface area contributed by atoms with Crippen molar-refractivity contribution in [3.05, 3.63) is 53.3 Å². The van der Waals surface area contributed by atoms with Crippen LogP contribution in [0.1, 0.15) is 28.8 Å². The number of ether oxygens (including phenoxy) is 1. The Balaban J connectivity index is 1.96. The molecular weight excluding hydrogens is 375 g/mol. The first-order valence-corrected chi connectivity index (χ1v) is 9.46. The Kier molecular flexibility index (Phi) is 4.96. The molecule has 0 atom stereocenters. The first kappa shape index (κ1) is 19.0. The second kappa shape index (κ2) is 7.58. The summed E-state index contributed by atoms with van der Waals surface area (Å²) in [5.41, 5.74) is 3.16. The number of anilines is 1. The van der Waals surface area contributed by atoms with E-state index in [1.807, 2.05) is 6.07 Å². The summed E-state index contributed by atoms with van der Waals surface area (Å²) in [4.78, 5) is 26.5. The molecule has 1 aliphatic rings. The van der Waals surface area contributed by atoms with Crippen LogP contribution in [0.5, 0.6) is 0 Å². The summed E-state index contributed by atoms with van der Waals surface area (Å²) in [5, 5.41) is 3.31. The number of hydrogen-bond acceptors (Lipinski definition) is 4. The summed E-state index contributed by atoms with van der Waals surface area (Å²) in [6.07, 6.45) is 2.13. The lowest BCUT2D eigenvalue weighted by molar-refractivity contribution is 0.0964. The van der Waals surface area contributed by atoms with Gasteiger partial charge in [-0.3, -0.25) is 9.69 Å². The predicted molar refractivity (Wildman–Crippen MR) is 108 cm³/mol. The summed E-state index contributed by atoms with van der Waals surface area (Å²) in [6, 6.07) is 9.49. The largest absolute Gasteiger partial charge is 0.455 e. The maximum atomic E-state index is 13.4. The van der Waals surface area contributed by atoms with Gasteiger partial charge in [-0.1, -0.05) is 0 Å². The maximum Gasteiger partial charge on any atom is 0.414 e. The third kappa shape index (κ3) is 3.33. The van der Waals surface area contributed by atoms with Crippen molar-refractivity contribution in [1.29, 1.82) is 0 Å². The second-order valence-electron chi connectivity index (χ2n) is 6.95. The normalized spacial score (nSPS) is 13.7. The molecule has 29 heavy (non-hydrogen) atoms. The Labute approximate surface area is 167 Å². The van der Waals surface area contributed by atoms with Crippen molar-refractivity contribution in [2.24, 2.45) is 0 Å². The number of nitrogens with zero attached hydrogens (tertiary/aromatic N) is 1. The van der Waals surface area contributed by atoms with Crippen LogP contribution in [0, 0.1) is 5.82 Å². The number of carbonyl (C=O) groups is 2. The molecule has 4 rings (SSSR count). The lowest BCUT2D eigenvalue weighted by Gasteiger charge is -2.21. The zero-order chi connectivity index (χ0) is 20.5. The molecule has 150 valence electrons. The summed E-state index contributed by atoms with van der Waals surface area (Å²) in [7, 11) is 2.91. The Hall–Kier alpha value is -3.35. The molecule has 0 unspecified atom stereocenters. The molecule has 6 nitrogen and oxygen atoms in total. The van der Waals surface area contributed by atoms with Crippen LogP contribution in [-0.4, -0.2) is 32.7 Å². The highest BCUT2D eigenvalue weighted by Crippen LogP contribution is 2.39. The summed E-state index contributed by atoms with van der Waals surface area (Å²) >= 11 is 0. The molecule has 0 fully saturated rings. The average molecular weight is 396 g/mol. The van der Waals surface area contributed by atoms with Crippen molar-refractivity contribution >= 4 is 28.7 Å². The molecule has 1 aromatic heterocycles. The fourth-order valence-corrected chi connectivity index (χ4v) is 3.79. The molecular formula is C22H21FN2O4. The number of methoxy groups -OCH3 is 1. The van der Waals surface area contributed by atoms with Crippen molar-refractivity contribution < 1.29 is 23.1 Å². The van der Waals surface area contributed by atoms with Crippen molar-refractivity contribution in [3.63, 3.8) is 0 Å². The van der Waals surface area contributed by atoms with E-state index in [4.69, 9.17) is 9.15 Å². The zero-order valence-electron chi connectivity index (χ0n) is 16.3. The van der Waals surface area contributed by atoms with Crippen molar-refractivity contribution in [2.75, 3.05) is 25.6 Å². The lowest BCUT2D eigenvalue weighted by Crippen LogP contribution is -2.31. The number of hydrogen-bond donors (Lipinski definition) is 1. The predicted octanol–water partition coefficient (Wildman–Crippen LogP) is 4.51. The molecule has 0 aliphatic carbocycles. The number of amides is 2. The molecule has 0 saturated heterocycles. The van der Waals surface area contributed by atoms with Crippen LogP contribution in [0.25, 0.3) is 22.3 Å².